The Morgan fingerprint density at radius 3 is 2.59 bits per heavy atom. The van der Waals surface area contributed by atoms with Crippen molar-refractivity contribution in [2.45, 2.75) is 9.24 Å². The Morgan fingerprint density at radius 1 is 1.30 bits per heavy atom. The van der Waals surface area contributed by atoms with Crippen molar-refractivity contribution in [1.29, 1.82) is 0 Å². The molecule has 1 aromatic heterocycles. The van der Waals surface area contributed by atoms with E-state index < -0.39 is 15.8 Å². The zero-order chi connectivity index (χ0) is 19.6. The van der Waals surface area contributed by atoms with E-state index in [9.17, 15) is 17.6 Å². The molecule has 1 fully saturated rings. The third kappa shape index (κ3) is 4.69. The molecule has 0 unspecified atom stereocenters. The van der Waals surface area contributed by atoms with E-state index in [0.29, 0.717) is 9.47 Å². The zero-order valence-corrected chi connectivity index (χ0v) is 17.0. The van der Waals surface area contributed by atoms with Crippen molar-refractivity contribution in [3.63, 3.8) is 0 Å². The van der Waals surface area contributed by atoms with Gasteiger partial charge < -0.3 is 10.6 Å². The molecule has 1 amide bonds. The summed E-state index contributed by atoms with van der Waals surface area (Å²) in [6.45, 7) is 0.844. The quantitative estimate of drug-likeness (QED) is 0.686. The second kappa shape index (κ2) is 8.27. The third-order valence-electron chi connectivity index (χ3n) is 3.86. The summed E-state index contributed by atoms with van der Waals surface area (Å²) < 4.78 is 40.4. The van der Waals surface area contributed by atoms with Gasteiger partial charge in [-0.2, -0.15) is 4.31 Å². The lowest BCUT2D eigenvalue weighted by Gasteiger charge is -2.34. The number of rotatable bonds is 5. The van der Waals surface area contributed by atoms with Gasteiger partial charge in [-0.25, -0.2) is 12.8 Å². The molecule has 27 heavy (non-hydrogen) atoms. The lowest BCUT2D eigenvalue weighted by Crippen LogP contribution is -2.50. The summed E-state index contributed by atoms with van der Waals surface area (Å²) in [6, 6.07) is 3.29. The van der Waals surface area contributed by atoms with E-state index in [-0.39, 0.29) is 47.8 Å². The number of halogens is 2. The smallest absolute Gasteiger partial charge is 0.243 e. The second-order valence-electron chi connectivity index (χ2n) is 5.56. The third-order valence-corrected chi connectivity index (χ3v) is 7.92. The number of sulfonamides is 1. The van der Waals surface area contributed by atoms with E-state index in [2.05, 4.69) is 10.2 Å². The Hall–Kier alpha value is -1.47. The SMILES string of the molecule is Nc1nnc(SCC(=O)N2CCN(S(=O)(=O)c3ccc(F)c(Cl)c3)CC2)s1. The minimum absolute atomic E-state index is 0.0712. The van der Waals surface area contributed by atoms with Crippen LogP contribution in [0.2, 0.25) is 5.02 Å². The van der Waals surface area contributed by atoms with E-state index in [1.165, 1.54) is 33.5 Å². The number of nitrogens with two attached hydrogens (primary N) is 1. The van der Waals surface area contributed by atoms with Gasteiger partial charge >= 0.3 is 0 Å². The van der Waals surface area contributed by atoms with E-state index in [4.69, 9.17) is 17.3 Å². The van der Waals surface area contributed by atoms with Gasteiger partial charge in [0.25, 0.3) is 0 Å². The Bertz CT molecular complexity index is 947. The molecule has 13 heteroatoms. The van der Waals surface area contributed by atoms with Crippen molar-refractivity contribution < 1.29 is 17.6 Å². The molecule has 0 radical (unpaired) electrons. The van der Waals surface area contributed by atoms with E-state index >= 15 is 0 Å². The molecule has 0 saturated carbocycles. The van der Waals surface area contributed by atoms with Crippen LogP contribution in [-0.2, 0) is 14.8 Å². The van der Waals surface area contributed by atoms with Crippen LogP contribution < -0.4 is 5.73 Å². The van der Waals surface area contributed by atoms with Crippen LogP contribution in [0.15, 0.2) is 27.4 Å². The normalized spacial score (nSPS) is 15.9. The molecule has 0 aliphatic carbocycles. The molecule has 1 saturated heterocycles. The van der Waals surface area contributed by atoms with Crippen molar-refractivity contribution in [1.82, 2.24) is 19.4 Å². The number of aromatic nitrogens is 2. The number of anilines is 1. The highest BCUT2D eigenvalue weighted by molar-refractivity contribution is 8.01. The van der Waals surface area contributed by atoms with Gasteiger partial charge in [0.2, 0.25) is 21.1 Å². The van der Waals surface area contributed by atoms with E-state index in [0.717, 1.165) is 12.1 Å². The number of thioether (sulfide) groups is 1. The number of hydrogen-bond acceptors (Lipinski definition) is 8. The number of nitrogens with zero attached hydrogens (tertiary/aromatic N) is 4. The fourth-order valence-electron chi connectivity index (χ4n) is 2.46. The predicted octanol–water partition coefficient (Wildman–Crippen LogP) is 1.54. The van der Waals surface area contributed by atoms with Gasteiger partial charge in [-0.3, -0.25) is 4.79 Å². The summed E-state index contributed by atoms with van der Waals surface area (Å²) in [4.78, 5) is 13.8. The zero-order valence-electron chi connectivity index (χ0n) is 13.8. The summed E-state index contributed by atoms with van der Waals surface area (Å²) >= 11 is 8.12. The van der Waals surface area contributed by atoms with Crippen molar-refractivity contribution in [2.24, 2.45) is 0 Å². The average molecular weight is 452 g/mol. The highest BCUT2D eigenvalue weighted by atomic mass is 35.5. The number of benzene rings is 1. The van der Waals surface area contributed by atoms with Crippen molar-refractivity contribution in [2.75, 3.05) is 37.7 Å². The molecule has 2 N–H and O–H groups in total. The molecule has 0 spiro atoms. The van der Waals surface area contributed by atoms with Crippen LogP contribution in [0, 0.1) is 5.82 Å². The average Bonchev–Trinajstić information content (AvgIpc) is 3.07. The van der Waals surface area contributed by atoms with Gasteiger partial charge in [0, 0.05) is 26.2 Å². The van der Waals surface area contributed by atoms with Crippen molar-refractivity contribution >= 4 is 55.8 Å². The summed E-state index contributed by atoms with van der Waals surface area (Å²) in [7, 11) is -3.79. The number of piperazine rings is 1. The molecular weight excluding hydrogens is 437 g/mol. The maximum absolute atomic E-state index is 13.3. The number of amides is 1. The van der Waals surface area contributed by atoms with Crippen LogP contribution >= 0.6 is 34.7 Å². The van der Waals surface area contributed by atoms with Crippen molar-refractivity contribution in [3.8, 4) is 0 Å². The minimum atomic E-state index is -3.79. The molecule has 2 aromatic rings. The number of carbonyl (C=O) groups excluding carboxylic acids is 1. The van der Waals surface area contributed by atoms with Gasteiger partial charge in [-0.15, -0.1) is 10.2 Å². The largest absolute Gasteiger partial charge is 0.374 e. The molecule has 0 atom stereocenters. The number of carbonyl (C=O) groups is 1. The van der Waals surface area contributed by atoms with E-state index in [1.54, 1.807) is 4.90 Å². The monoisotopic (exact) mass is 451 g/mol. The molecule has 2 heterocycles. The second-order valence-corrected chi connectivity index (χ2v) is 10.1. The van der Waals surface area contributed by atoms with Crippen LogP contribution in [0.25, 0.3) is 0 Å². The Kier molecular flexibility index (Phi) is 6.21. The van der Waals surface area contributed by atoms with Gasteiger partial charge in [0.1, 0.15) is 5.82 Å². The Morgan fingerprint density at radius 2 is 2.00 bits per heavy atom. The molecule has 8 nitrogen and oxygen atoms in total. The van der Waals surface area contributed by atoms with Crippen LogP contribution in [0.1, 0.15) is 0 Å². The lowest BCUT2D eigenvalue weighted by molar-refractivity contribution is -0.129. The van der Waals surface area contributed by atoms with Gasteiger partial charge in [-0.05, 0) is 18.2 Å². The first-order valence-electron chi connectivity index (χ1n) is 7.72. The fraction of sp³-hybridized carbons (Fsp3) is 0.357. The molecule has 3 rings (SSSR count). The maximum Gasteiger partial charge on any atom is 0.243 e. The Labute approximate surface area is 168 Å². The van der Waals surface area contributed by atoms with Gasteiger partial charge in [0.05, 0.1) is 15.7 Å². The molecule has 146 valence electrons. The van der Waals surface area contributed by atoms with Gasteiger partial charge in [-0.1, -0.05) is 34.7 Å². The summed E-state index contributed by atoms with van der Waals surface area (Å²) in [6.07, 6.45) is 0. The summed E-state index contributed by atoms with van der Waals surface area (Å²) in [5, 5.41) is 7.60. The summed E-state index contributed by atoms with van der Waals surface area (Å²) in [5.74, 6) is -0.619. The summed E-state index contributed by atoms with van der Waals surface area (Å²) in [5.41, 5.74) is 5.49. The van der Waals surface area contributed by atoms with Gasteiger partial charge in [0.15, 0.2) is 4.34 Å². The molecule has 1 aromatic carbocycles. The molecule has 1 aliphatic heterocycles. The number of nitrogen functional groups attached to an aromatic ring is 1. The van der Waals surface area contributed by atoms with Crippen LogP contribution in [0.3, 0.4) is 0 Å². The predicted molar refractivity (Wildman–Crippen MR) is 102 cm³/mol. The maximum atomic E-state index is 13.3. The minimum Gasteiger partial charge on any atom is -0.374 e. The first kappa shape index (κ1) is 20.3. The molecule has 1 aliphatic rings. The standard InChI is InChI=1S/C14H15ClFN5O3S3/c15-10-7-9(1-2-11(10)16)27(23,24)21-5-3-20(4-6-21)12(22)8-25-14-19-18-13(17)26-14/h1-2,7H,3-6,8H2,(H2,17,18). The van der Waals surface area contributed by atoms with Crippen molar-refractivity contribution in [3.05, 3.63) is 29.0 Å². The highest BCUT2D eigenvalue weighted by Crippen LogP contribution is 2.25. The Balaban J connectivity index is 1.57. The topological polar surface area (TPSA) is 109 Å². The fourth-order valence-corrected chi connectivity index (χ4v) is 5.69. The molecule has 0 bridgehead atoms. The van der Waals surface area contributed by atoms with E-state index in [1.807, 2.05) is 0 Å². The van der Waals surface area contributed by atoms with Crippen LogP contribution in [-0.4, -0.2) is 65.7 Å². The van der Waals surface area contributed by atoms with Crippen LogP contribution in [0.5, 0.6) is 0 Å². The molecular formula is C14H15ClFN5O3S3. The lowest BCUT2D eigenvalue weighted by atomic mass is 10.3. The first-order valence-corrected chi connectivity index (χ1v) is 11.3. The van der Waals surface area contributed by atoms with Crippen LogP contribution in [0.4, 0.5) is 9.52 Å². The highest BCUT2D eigenvalue weighted by Gasteiger charge is 2.30. The first-order chi connectivity index (χ1) is 12.8. The number of hydrogen-bond donors (Lipinski definition) is 1.